The smallest absolute Gasteiger partial charge is 0.339 e. The molecule has 0 saturated carbocycles. The van der Waals surface area contributed by atoms with Crippen molar-refractivity contribution in [3.8, 4) is 0 Å². The van der Waals surface area contributed by atoms with E-state index < -0.39 is 5.97 Å². The van der Waals surface area contributed by atoms with E-state index in [1.54, 1.807) is 11.3 Å². The lowest BCUT2D eigenvalue weighted by molar-refractivity contribution is 0.0697. The second kappa shape index (κ2) is 5.71. The molecule has 6 heteroatoms. The largest absolute Gasteiger partial charge is 0.478 e. The van der Waals surface area contributed by atoms with Crippen molar-refractivity contribution in [2.45, 2.75) is 19.9 Å². The van der Waals surface area contributed by atoms with Crippen molar-refractivity contribution in [3.05, 3.63) is 39.7 Å². The molecular weight excluding hydrogens is 262 g/mol. The summed E-state index contributed by atoms with van der Waals surface area (Å²) < 4.78 is 0. The molecule has 2 heterocycles. The monoisotopic (exact) mass is 277 g/mol. The first-order valence-corrected chi connectivity index (χ1v) is 6.77. The molecule has 19 heavy (non-hydrogen) atoms. The summed E-state index contributed by atoms with van der Waals surface area (Å²) >= 11 is 1.65. The van der Waals surface area contributed by atoms with Crippen LogP contribution in [0.2, 0.25) is 0 Å². The van der Waals surface area contributed by atoms with Crippen molar-refractivity contribution < 1.29 is 9.90 Å². The minimum absolute atomic E-state index is 0.0922. The van der Waals surface area contributed by atoms with Gasteiger partial charge in [0.1, 0.15) is 11.4 Å². The third kappa shape index (κ3) is 3.03. The third-order valence-corrected chi connectivity index (χ3v) is 3.74. The Morgan fingerprint density at radius 3 is 3.05 bits per heavy atom. The van der Waals surface area contributed by atoms with E-state index in [9.17, 15) is 4.79 Å². The summed E-state index contributed by atoms with van der Waals surface area (Å²) in [6.07, 6.45) is 2.41. The van der Waals surface area contributed by atoms with E-state index in [-0.39, 0.29) is 5.56 Å². The predicted molar refractivity (Wildman–Crippen MR) is 76.6 cm³/mol. The van der Waals surface area contributed by atoms with Crippen LogP contribution in [0.25, 0.3) is 0 Å². The molecular formula is C13H15N3O2S. The zero-order valence-electron chi connectivity index (χ0n) is 10.5. The van der Waals surface area contributed by atoms with Gasteiger partial charge in [0.2, 0.25) is 0 Å². The predicted octanol–water partition coefficient (Wildman–Crippen LogP) is 2.60. The topological polar surface area (TPSA) is 88.2 Å². The Bertz CT molecular complexity index is 595. The fourth-order valence-electron chi connectivity index (χ4n) is 1.79. The zero-order valence-corrected chi connectivity index (χ0v) is 11.3. The van der Waals surface area contributed by atoms with Crippen LogP contribution in [0.15, 0.2) is 23.7 Å². The Labute approximate surface area is 115 Å². The molecule has 5 nitrogen and oxygen atoms in total. The maximum atomic E-state index is 11.1. The number of anilines is 2. The van der Waals surface area contributed by atoms with Gasteiger partial charge in [-0.05, 0) is 29.5 Å². The van der Waals surface area contributed by atoms with Gasteiger partial charge in [-0.25, -0.2) is 9.78 Å². The van der Waals surface area contributed by atoms with Crippen molar-refractivity contribution >= 4 is 28.8 Å². The van der Waals surface area contributed by atoms with E-state index in [4.69, 9.17) is 10.8 Å². The molecule has 4 N–H and O–H groups in total. The molecule has 0 aliphatic rings. The van der Waals surface area contributed by atoms with Crippen LogP contribution in [-0.4, -0.2) is 16.1 Å². The highest BCUT2D eigenvalue weighted by Gasteiger charge is 2.12. The van der Waals surface area contributed by atoms with Crippen molar-refractivity contribution in [2.24, 2.45) is 0 Å². The number of nitrogens with one attached hydrogen (secondary N) is 1. The Morgan fingerprint density at radius 1 is 1.58 bits per heavy atom. The summed E-state index contributed by atoms with van der Waals surface area (Å²) in [7, 11) is 0. The van der Waals surface area contributed by atoms with Gasteiger partial charge in [-0.1, -0.05) is 6.92 Å². The Hall–Kier alpha value is -2.08. The zero-order chi connectivity index (χ0) is 13.8. The Morgan fingerprint density at radius 2 is 2.37 bits per heavy atom. The van der Waals surface area contributed by atoms with E-state index in [1.807, 2.05) is 5.38 Å². The molecule has 0 atom stereocenters. The fraction of sp³-hybridized carbons (Fsp3) is 0.231. The number of rotatable bonds is 5. The first-order chi connectivity index (χ1) is 9.11. The highest BCUT2D eigenvalue weighted by molar-refractivity contribution is 7.10. The highest BCUT2D eigenvalue weighted by Crippen LogP contribution is 2.21. The lowest BCUT2D eigenvalue weighted by Gasteiger charge is -2.09. The number of aromatic carboxylic acids is 1. The van der Waals surface area contributed by atoms with E-state index in [1.165, 1.54) is 22.7 Å². The van der Waals surface area contributed by atoms with Crippen molar-refractivity contribution in [3.63, 3.8) is 0 Å². The second-order valence-corrected chi connectivity index (χ2v) is 5.05. The van der Waals surface area contributed by atoms with E-state index >= 15 is 0 Å². The van der Waals surface area contributed by atoms with Crippen LogP contribution in [0.4, 0.5) is 11.5 Å². The number of carboxylic acid groups (broad SMARTS) is 1. The van der Waals surface area contributed by atoms with Crippen molar-refractivity contribution in [1.82, 2.24) is 4.98 Å². The van der Waals surface area contributed by atoms with Crippen LogP contribution in [0.5, 0.6) is 0 Å². The lowest BCUT2D eigenvalue weighted by Crippen LogP contribution is -2.09. The molecule has 2 aromatic rings. The highest BCUT2D eigenvalue weighted by atomic mass is 32.1. The van der Waals surface area contributed by atoms with Gasteiger partial charge in [0.05, 0.1) is 18.4 Å². The molecule has 2 aromatic heterocycles. The average Bonchev–Trinajstić information content (AvgIpc) is 2.84. The second-order valence-electron chi connectivity index (χ2n) is 4.05. The number of pyridine rings is 1. The van der Waals surface area contributed by atoms with E-state index in [0.29, 0.717) is 18.1 Å². The first kappa shape index (κ1) is 13.4. The summed E-state index contributed by atoms with van der Waals surface area (Å²) in [5, 5.41) is 14.2. The van der Waals surface area contributed by atoms with E-state index in [0.717, 1.165) is 6.42 Å². The molecule has 0 fully saturated rings. The van der Waals surface area contributed by atoms with Gasteiger partial charge in [0.25, 0.3) is 0 Å². The minimum atomic E-state index is -1.04. The number of nitrogen functional groups attached to an aromatic ring is 1. The van der Waals surface area contributed by atoms with Gasteiger partial charge in [0, 0.05) is 4.88 Å². The lowest BCUT2D eigenvalue weighted by atomic mass is 10.2. The quantitative estimate of drug-likeness (QED) is 0.781. The van der Waals surface area contributed by atoms with E-state index in [2.05, 4.69) is 23.3 Å². The molecule has 100 valence electrons. The number of carboxylic acids is 1. The molecule has 0 spiro atoms. The molecule has 0 saturated heterocycles. The van der Waals surface area contributed by atoms with Crippen LogP contribution >= 0.6 is 11.3 Å². The third-order valence-electron chi connectivity index (χ3n) is 2.77. The first-order valence-electron chi connectivity index (χ1n) is 5.89. The number of carbonyl (C=O) groups is 1. The molecule has 0 unspecified atom stereocenters. The SMILES string of the molecule is CCc1ccsc1CNc1ncc(N)cc1C(=O)O. The summed E-state index contributed by atoms with van der Waals surface area (Å²) in [5.41, 5.74) is 7.25. The molecule has 2 rings (SSSR count). The van der Waals surface area contributed by atoms with Crippen LogP contribution in [0, 0.1) is 0 Å². The number of nitrogens with two attached hydrogens (primary N) is 1. The minimum Gasteiger partial charge on any atom is -0.478 e. The van der Waals surface area contributed by atoms with Crippen molar-refractivity contribution in [1.29, 1.82) is 0 Å². The summed E-state index contributed by atoms with van der Waals surface area (Å²) in [4.78, 5) is 16.4. The number of aryl methyl sites for hydroxylation is 1. The molecule has 0 bridgehead atoms. The molecule has 0 radical (unpaired) electrons. The molecule has 0 aromatic carbocycles. The maximum Gasteiger partial charge on any atom is 0.339 e. The summed E-state index contributed by atoms with van der Waals surface area (Å²) in [5.74, 6) is -0.693. The number of aromatic nitrogens is 1. The van der Waals surface area contributed by atoms with Gasteiger partial charge in [0.15, 0.2) is 0 Å². The van der Waals surface area contributed by atoms with Gasteiger partial charge >= 0.3 is 5.97 Å². The van der Waals surface area contributed by atoms with Gasteiger partial charge in [-0.3, -0.25) is 0 Å². The number of hydrogen-bond acceptors (Lipinski definition) is 5. The number of hydrogen-bond donors (Lipinski definition) is 3. The number of nitrogens with zero attached hydrogens (tertiary/aromatic N) is 1. The van der Waals surface area contributed by atoms with Crippen LogP contribution in [-0.2, 0) is 13.0 Å². The van der Waals surface area contributed by atoms with Crippen LogP contribution < -0.4 is 11.1 Å². The Balaban J connectivity index is 2.18. The van der Waals surface area contributed by atoms with Gasteiger partial charge in [-0.15, -0.1) is 11.3 Å². The van der Waals surface area contributed by atoms with Crippen molar-refractivity contribution in [2.75, 3.05) is 11.1 Å². The molecule has 0 aliphatic carbocycles. The Kier molecular flexibility index (Phi) is 4.01. The van der Waals surface area contributed by atoms with Crippen LogP contribution in [0.1, 0.15) is 27.7 Å². The standard InChI is InChI=1S/C13H15N3O2S/c1-2-8-3-4-19-11(8)7-16-12-10(13(17)18)5-9(14)6-15-12/h3-6H,2,7,14H2,1H3,(H,15,16)(H,17,18). The van der Waals surface area contributed by atoms with Gasteiger partial charge < -0.3 is 16.2 Å². The number of thiophene rings is 1. The summed E-state index contributed by atoms with van der Waals surface area (Å²) in [6, 6.07) is 3.49. The molecule has 0 aliphatic heterocycles. The molecule has 0 amide bonds. The normalized spacial score (nSPS) is 10.4. The maximum absolute atomic E-state index is 11.1. The van der Waals surface area contributed by atoms with Crippen LogP contribution in [0.3, 0.4) is 0 Å². The van der Waals surface area contributed by atoms with Gasteiger partial charge in [-0.2, -0.15) is 0 Å². The summed E-state index contributed by atoms with van der Waals surface area (Å²) in [6.45, 7) is 2.66. The average molecular weight is 277 g/mol. The fourth-order valence-corrected chi connectivity index (χ4v) is 2.70.